The molecule has 1 fully saturated rings. The summed E-state index contributed by atoms with van der Waals surface area (Å²) in [5, 5.41) is 5.62. The number of anilines is 1. The molecule has 0 aliphatic heterocycles. The maximum absolute atomic E-state index is 6.09. The summed E-state index contributed by atoms with van der Waals surface area (Å²) < 4.78 is 0. The van der Waals surface area contributed by atoms with Crippen molar-refractivity contribution in [3.05, 3.63) is 39.1 Å². The van der Waals surface area contributed by atoms with E-state index in [1.54, 1.807) is 22.7 Å². The van der Waals surface area contributed by atoms with E-state index in [1.807, 2.05) is 0 Å². The number of nitrogens with zero attached hydrogens (tertiary/aromatic N) is 3. The second kappa shape index (κ2) is 4.98. The van der Waals surface area contributed by atoms with Crippen molar-refractivity contribution in [3.8, 4) is 0 Å². The highest BCUT2D eigenvalue weighted by atomic mass is 35.5. The largest absolute Gasteiger partial charge is 0.348 e. The molecule has 0 aromatic carbocycles. The van der Waals surface area contributed by atoms with Crippen LogP contribution in [0.1, 0.15) is 17.7 Å². The monoisotopic (exact) mass is 321 g/mol. The zero-order chi connectivity index (χ0) is 13.5. The van der Waals surface area contributed by atoms with Crippen molar-refractivity contribution < 1.29 is 0 Å². The van der Waals surface area contributed by atoms with Crippen LogP contribution in [0.5, 0.6) is 0 Å². The Balaban J connectivity index is 1.79. The number of hydrogen-bond donors (Lipinski definition) is 0. The summed E-state index contributed by atoms with van der Waals surface area (Å²) in [7, 11) is 0. The highest BCUT2D eigenvalue weighted by Gasteiger charge is 2.31. The van der Waals surface area contributed by atoms with Gasteiger partial charge in [-0.25, -0.2) is 4.98 Å². The van der Waals surface area contributed by atoms with Crippen molar-refractivity contribution in [1.82, 2.24) is 9.97 Å². The molecule has 20 heavy (non-hydrogen) atoms. The van der Waals surface area contributed by atoms with E-state index >= 15 is 0 Å². The molecule has 0 bridgehead atoms. The number of thiophene rings is 2. The third-order valence-corrected chi connectivity index (χ3v) is 5.28. The standard InChI is InChI=1S/C14H12ClN3S2/c15-14-16-12(11-5-7-20-13(11)17-14)18(9-3-4-9)8-10-2-1-6-19-10/h1-2,5-7,9H,3-4,8H2. The fraction of sp³-hybridized carbons (Fsp3) is 0.286. The van der Waals surface area contributed by atoms with Crippen LogP contribution in [0, 0.1) is 0 Å². The first kappa shape index (κ1) is 12.6. The Bertz CT molecular complexity index is 734. The van der Waals surface area contributed by atoms with Crippen molar-refractivity contribution in [1.29, 1.82) is 0 Å². The summed E-state index contributed by atoms with van der Waals surface area (Å²) in [4.78, 5) is 13.5. The molecule has 102 valence electrons. The highest BCUT2D eigenvalue weighted by molar-refractivity contribution is 7.16. The molecule has 3 aromatic heterocycles. The molecular weight excluding hydrogens is 310 g/mol. The van der Waals surface area contributed by atoms with Crippen LogP contribution in [0.2, 0.25) is 5.28 Å². The third-order valence-electron chi connectivity index (χ3n) is 3.44. The lowest BCUT2D eigenvalue weighted by atomic mass is 10.3. The summed E-state index contributed by atoms with van der Waals surface area (Å²) in [5.41, 5.74) is 0. The number of halogens is 1. The van der Waals surface area contributed by atoms with Gasteiger partial charge < -0.3 is 4.90 Å². The molecule has 1 aliphatic rings. The van der Waals surface area contributed by atoms with Crippen molar-refractivity contribution in [3.63, 3.8) is 0 Å². The fourth-order valence-electron chi connectivity index (χ4n) is 2.37. The van der Waals surface area contributed by atoms with Gasteiger partial charge in [-0.1, -0.05) is 6.07 Å². The zero-order valence-corrected chi connectivity index (χ0v) is 13.0. The van der Waals surface area contributed by atoms with Crippen LogP contribution in [-0.4, -0.2) is 16.0 Å². The van der Waals surface area contributed by atoms with Gasteiger partial charge in [-0.05, 0) is 47.3 Å². The summed E-state index contributed by atoms with van der Waals surface area (Å²) in [6, 6.07) is 6.95. The highest BCUT2D eigenvalue weighted by Crippen LogP contribution is 2.37. The smallest absolute Gasteiger partial charge is 0.225 e. The SMILES string of the molecule is Clc1nc(N(Cc2cccs2)C2CC2)c2ccsc2n1. The minimum atomic E-state index is 0.340. The van der Waals surface area contributed by atoms with Crippen LogP contribution in [-0.2, 0) is 6.54 Å². The van der Waals surface area contributed by atoms with Gasteiger partial charge >= 0.3 is 0 Å². The zero-order valence-electron chi connectivity index (χ0n) is 10.6. The number of fused-ring (bicyclic) bond motifs is 1. The lowest BCUT2D eigenvalue weighted by Crippen LogP contribution is -2.25. The molecule has 0 radical (unpaired) electrons. The fourth-order valence-corrected chi connectivity index (χ4v) is 4.04. The summed E-state index contributed by atoms with van der Waals surface area (Å²) in [6.45, 7) is 0.903. The van der Waals surface area contributed by atoms with Gasteiger partial charge in [-0.3, -0.25) is 0 Å². The number of rotatable bonds is 4. The average molecular weight is 322 g/mol. The average Bonchev–Trinajstić information content (AvgIpc) is 2.96. The van der Waals surface area contributed by atoms with E-state index < -0.39 is 0 Å². The van der Waals surface area contributed by atoms with E-state index in [-0.39, 0.29) is 0 Å². The summed E-state index contributed by atoms with van der Waals surface area (Å²) >= 11 is 9.49. The normalized spacial score (nSPS) is 14.8. The topological polar surface area (TPSA) is 29.0 Å². The first-order valence-corrected chi connectivity index (χ1v) is 8.65. The van der Waals surface area contributed by atoms with Gasteiger partial charge in [-0.2, -0.15) is 4.98 Å². The Labute approximate surface area is 129 Å². The van der Waals surface area contributed by atoms with Gasteiger partial charge in [0.1, 0.15) is 10.6 Å². The Morgan fingerprint density at radius 1 is 1.20 bits per heavy atom. The maximum atomic E-state index is 6.09. The maximum Gasteiger partial charge on any atom is 0.225 e. The van der Waals surface area contributed by atoms with Gasteiger partial charge in [0.15, 0.2) is 0 Å². The Kier molecular flexibility index (Phi) is 3.13. The third kappa shape index (κ3) is 2.30. The van der Waals surface area contributed by atoms with Crippen LogP contribution in [0.3, 0.4) is 0 Å². The quantitative estimate of drug-likeness (QED) is 0.659. The molecule has 6 heteroatoms. The molecule has 0 spiro atoms. The first-order chi connectivity index (χ1) is 9.81. The van der Waals surface area contributed by atoms with Crippen LogP contribution in [0.25, 0.3) is 10.2 Å². The minimum Gasteiger partial charge on any atom is -0.348 e. The van der Waals surface area contributed by atoms with Gasteiger partial charge in [0, 0.05) is 10.9 Å². The van der Waals surface area contributed by atoms with E-state index in [2.05, 4.69) is 43.8 Å². The minimum absolute atomic E-state index is 0.340. The van der Waals surface area contributed by atoms with Crippen molar-refractivity contribution in [2.24, 2.45) is 0 Å². The second-order valence-corrected chi connectivity index (χ2v) is 7.16. The number of aromatic nitrogens is 2. The molecule has 0 saturated heterocycles. The van der Waals surface area contributed by atoms with Crippen LogP contribution in [0.4, 0.5) is 5.82 Å². The molecule has 3 aromatic rings. The van der Waals surface area contributed by atoms with Gasteiger partial charge in [0.05, 0.1) is 11.9 Å². The molecule has 1 aliphatic carbocycles. The number of hydrogen-bond acceptors (Lipinski definition) is 5. The molecular formula is C14H12ClN3S2. The predicted octanol–water partition coefficient (Wildman–Crippen LogP) is 4.58. The van der Waals surface area contributed by atoms with Crippen LogP contribution in [0.15, 0.2) is 29.0 Å². The van der Waals surface area contributed by atoms with Gasteiger partial charge in [0.25, 0.3) is 0 Å². The molecule has 3 heterocycles. The molecule has 1 saturated carbocycles. The summed E-state index contributed by atoms with van der Waals surface area (Å²) in [6.07, 6.45) is 2.47. The molecule has 4 rings (SSSR count). The van der Waals surface area contributed by atoms with Gasteiger partial charge in [0.2, 0.25) is 5.28 Å². The Morgan fingerprint density at radius 2 is 2.10 bits per heavy atom. The van der Waals surface area contributed by atoms with Crippen LogP contribution >= 0.6 is 34.3 Å². The Hall–Kier alpha value is -1.17. The summed E-state index contributed by atoms with van der Waals surface area (Å²) in [5.74, 6) is 0.983. The van der Waals surface area contributed by atoms with Crippen molar-refractivity contribution in [2.75, 3.05) is 4.90 Å². The lowest BCUT2D eigenvalue weighted by Gasteiger charge is -2.23. The Morgan fingerprint density at radius 3 is 2.85 bits per heavy atom. The van der Waals surface area contributed by atoms with Crippen LogP contribution < -0.4 is 4.90 Å². The van der Waals surface area contributed by atoms with Gasteiger partial charge in [-0.15, -0.1) is 22.7 Å². The van der Waals surface area contributed by atoms with E-state index in [9.17, 15) is 0 Å². The molecule has 0 unspecified atom stereocenters. The van der Waals surface area contributed by atoms with Crippen molar-refractivity contribution in [2.45, 2.75) is 25.4 Å². The lowest BCUT2D eigenvalue weighted by molar-refractivity contribution is 0.790. The molecule has 0 atom stereocenters. The molecule has 0 amide bonds. The predicted molar refractivity (Wildman–Crippen MR) is 85.9 cm³/mol. The molecule has 3 nitrogen and oxygen atoms in total. The van der Waals surface area contributed by atoms with Crippen molar-refractivity contribution >= 4 is 50.3 Å². The van der Waals surface area contributed by atoms with E-state index in [0.29, 0.717) is 11.3 Å². The van der Waals surface area contributed by atoms with E-state index in [4.69, 9.17) is 11.6 Å². The van der Waals surface area contributed by atoms with E-state index in [0.717, 1.165) is 22.6 Å². The second-order valence-electron chi connectivity index (χ2n) is 4.89. The first-order valence-electron chi connectivity index (χ1n) is 6.51. The molecule has 0 N–H and O–H groups in total. The van der Waals surface area contributed by atoms with E-state index in [1.165, 1.54) is 17.7 Å².